The van der Waals surface area contributed by atoms with Crippen LogP contribution in [0.2, 0.25) is 0 Å². The van der Waals surface area contributed by atoms with E-state index in [9.17, 15) is 13.2 Å². The Kier molecular flexibility index (Phi) is 6.02. The number of aromatic amines is 1. The molecule has 0 unspecified atom stereocenters. The number of alkyl halides is 3. The zero-order valence-electron chi connectivity index (χ0n) is 10.6. The summed E-state index contributed by atoms with van der Waals surface area (Å²) in [5.74, 6) is -0.341. The molecule has 0 bridgehead atoms. The van der Waals surface area contributed by atoms with Crippen molar-refractivity contribution in [1.82, 2.24) is 20.5 Å². The molecule has 1 saturated carbocycles. The molecule has 10 heteroatoms. The van der Waals surface area contributed by atoms with Gasteiger partial charge in [0.25, 0.3) is 5.82 Å². The van der Waals surface area contributed by atoms with E-state index in [1.54, 1.807) is 0 Å². The van der Waals surface area contributed by atoms with Crippen LogP contribution >= 0.6 is 24.0 Å². The molecule has 1 fully saturated rings. The smallest absolute Gasteiger partial charge is 0.370 e. The van der Waals surface area contributed by atoms with Gasteiger partial charge in [-0.3, -0.25) is 5.10 Å². The van der Waals surface area contributed by atoms with Crippen LogP contribution in [0.1, 0.15) is 30.9 Å². The number of hydrogen-bond acceptors (Lipinski definition) is 3. The van der Waals surface area contributed by atoms with E-state index in [0.717, 1.165) is 6.54 Å². The number of guanidine groups is 1. The first kappa shape index (κ1) is 17.0. The number of aromatic nitrogens is 3. The van der Waals surface area contributed by atoms with Gasteiger partial charge in [0.15, 0.2) is 5.96 Å². The number of aliphatic imine (C=N–C) groups is 1. The lowest BCUT2D eigenvalue weighted by molar-refractivity contribution is -0.144. The molecule has 1 heterocycles. The number of nitrogens with zero attached hydrogens (tertiary/aromatic N) is 3. The van der Waals surface area contributed by atoms with Gasteiger partial charge in [-0.1, -0.05) is 6.42 Å². The van der Waals surface area contributed by atoms with Crippen LogP contribution in [0, 0.1) is 5.92 Å². The maximum Gasteiger partial charge on any atom is 0.453 e. The minimum absolute atomic E-state index is 0. The maximum atomic E-state index is 12.2. The molecule has 0 radical (unpaired) electrons. The molecule has 1 aliphatic rings. The minimum Gasteiger partial charge on any atom is -0.370 e. The van der Waals surface area contributed by atoms with Gasteiger partial charge in [-0.15, -0.1) is 29.1 Å². The highest BCUT2D eigenvalue weighted by molar-refractivity contribution is 14.0. The first-order valence-electron chi connectivity index (χ1n) is 5.97. The van der Waals surface area contributed by atoms with Gasteiger partial charge in [0.2, 0.25) is 0 Å². The third-order valence-corrected chi connectivity index (χ3v) is 2.98. The Morgan fingerprint density at radius 3 is 2.65 bits per heavy atom. The predicted molar refractivity (Wildman–Crippen MR) is 77.5 cm³/mol. The molecule has 0 saturated heterocycles. The van der Waals surface area contributed by atoms with Crippen LogP contribution in [0.5, 0.6) is 0 Å². The summed E-state index contributed by atoms with van der Waals surface area (Å²) in [6.45, 7) is 0.687. The standard InChI is InChI=1S/C10H15F3N6.HI/c11-10(12,13)8-17-7(18-19-8)5-16-9(14)15-4-6-2-1-3-6;/h6H,1-5H2,(H3,14,15,16)(H,17,18,19);1H. The number of H-pyrrole nitrogens is 1. The first-order chi connectivity index (χ1) is 8.95. The van der Waals surface area contributed by atoms with E-state index in [-0.39, 0.29) is 42.3 Å². The average molecular weight is 404 g/mol. The van der Waals surface area contributed by atoms with E-state index in [4.69, 9.17) is 5.73 Å². The summed E-state index contributed by atoms with van der Waals surface area (Å²) in [4.78, 5) is 7.20. The lowest BCUT2D eigenvalue weighted by atomic mass is 9.85. The summed E-state index contributed by atoms with van der Waals surface area (Å²) >= 11 is 0. The van der Waals surface area contributed by atoms with Gasteiger partial charge in [-0.2, -0.15) is 13.2 Å². The fourth-order valence-electron chi connectivity index (χ4n) is 1.65. The van der Waals surface area contributed by atoms with Gasteiger partial charge in [-0.05, 0) is 18.8 Å². The lowest BCUT2D eigenvalue weighted by Crippen LogP contribution is -2.37. The Morgan fingerprint density at radius 1 is 1.45 bits per heavy atom. The van der Waals surface area contributed by atoms with Gasteiger partial charge in [-0.25, -0.2) is 9.98 Å². The molecule has 1 aliphatic carbocycles. The van der Waals surface area contributed by atoms with E-state index >= 15 is 0 Å². The summed E-state index contributed by atoms with van der Waals surface area (Å²) in [5, 5.41) is 8.19. The molecule has 0 amide bonds. The molecule has 0 aliphatic heterocycles. The summed E-state index contributed by atoms with van der Waals surface area (Å²) in [6, 6.07) is 0. The van der Waals surface area contributed by atoms with Crippen LogP contribution in [0.25, 0.3) is 0 Å². The molecule has 1 aromatic heterocycles. The van der Waals surface area contributed by atoms with Crippen molar-refractivity contribution in [2.45, 2.75) is 32.0 Å². The summed E-state index contributed by atoms with van der Waals surface area (Å²) in [6.07, 6.45) is -0.956. The predicted octanol–water partition coefficient (Wildman–Crippen LogP) is 1.65. The number of nitrogens with two attached hydrogens (primary N) is 1. The van der Waals surface area contributed by atoms with Crippen molar-refractivity contribution < 1.29 is 13.2 Å². The fourth-order valence-corrected chi connectivity index (χ4v) is 1.65. The van der Waals surface area contributed by atoms with Gasteiger partial charge < -0.3 is 11.1 Å². The highest BCUT2D eigenvalue weighted by Gasteiger charge is 2.35. The van der Waals surface area contributed by atoms with Crippen molar-refractivity contribution in [1.29, 1.82) is 0 Å². The third kappa shape index (κ3) is 4.80. The molecule has 0 atom stereocenters. The van der Waals surface area contributed by atoms with Crippen molar-refractivity contribution in [2.75, 3.05) is 6.54 Å². The Bertz CT molecular complexity index is 454. The quantitative estimate of drug-likeness (QED) is 0.404. The van der Waals surface area contributed by atoms with E-state index in [0.29, 0.717) is 5.92 Å². The Balaban J connectivity index is 0.00000200. The molecule has 2 rings (SSSR count). The third-order valence-electron chi connectivity index (χ3n) is 2.98. The second kappa shape index (κ2) is 7.09. The number of halogens is 4. The molecule has 1 aromatic rings. The monoisotopic (exact) mass is 404 g/mol. The molecule has 6 nitrogen and oxygen atoms in total. The molecule has 0 aromatic carbocycles. The van der Waals surface area contributed by atoms with E-state index in [2.05, 4.69) is 25.5 Å². The summed E-state index contributed by atoms with van der Waals surface area (Å²) in [7, 11) is 0. The fraction of sp³-hybridized carbons (Fsp3) is 0.700. The number of rotatable bonds is 4. The maximum absolute atomic E-state index is 12.2. The van der Waals surface area contributed by atoms with Crippen molar-refractivity contribution in [3.8, 4) is 0 Å². The molecule has 20 heavy (non-hydrogen) atoms. The molecule has 114 valence electrons. The Morgan fingerprint density at radius 2 is 2.15 bits per heavy atom. The highest BCUT2D eigenvalue weighted by atomic mass is 127. The number of hydrogen-bond donors (Lipinski definition) is 3. The summed E-state index contributed by atoms with van der Waals surface area (Å²) < 4.78 is 36.7. The molecular weight excluding hydrogens is 388 g/mol. The van der Waals surface area contributed by atoms with Crippen LogP contribution < -0.4 is 11.1 Å². The van der Waals surface area contributed by atoms with Crippen molar-refractivity contribution in [3.63, 3.8) is 0 Å². The minimum atomic E-state index is -4.55. The largest absolute Gasteiger partial charge is 0.453 e. The summed E-state index contributed by atoms with van der Waals surface area (Å²) in [5.41, 5.74) is 5.60. The van der Waals surface area contributed by atoms with E-state index in [1.165, 1.54) is 19.3 Å². The van der Waals surface area contributed by atoms with Crippen LogP contribution in [0.15, 0.2) is 4.99 Å². The molecule has 0 spiro atoms. The lowest BCUT2D eigenvalue weighted by Gasteiger charge is -2.25. The normalized spacial score (nSPS) is 16.4. The Hall–Kier alpha value is -1.07. The van der Waals surface area contributed by atoms with Gasteiger partial charge in [0.05, 0.1) is 0 Å². The van der Waals surface area contributed by atoms with Crippen molar-refractivity contribution in [3.05, 3.63) is 11.6 Å². The van der Waals surface area contributed by atoms with Crippen LogP contribution in [-0.2, 0) is 12.7 Å². The molecule has 4 N–H and O–H groups in total. The van der Waals surface area contributed by atoms with Crippen molar-refractivity contribution >= 4 is 29.9 Å². The van der Waals surface area contributed by atoms with Gasteiger partial charge >= 0.3 is 6.18 Å². The van der Waals surface area contributed by atoms with Crippen LogP contribution in [0.3, 0.4) is 0 Å². The van der Waals surface area contributed by atoms with Gasteiger partial charge in [0.1, 0.15) is 12.4 Å². The van der Waals surface area contributed by atoms with E-state index in [1.807, 2.05) is 0 Å². The average Bonchev–Trinajstić information content (AvgIpc) is 2.72. The number of nitrogens with one attached hydrogen (secondary N) is 2. The molecular formula is C10H16F3IN6. The SMILES string of the molecule is I.NC(=NCc1nc(C(F)(F)F)n[nH]1)NCC1CCC1. The van der Waals surface area contributed by atoms with Gasteiger partial charge in [0, 0.05) is 6.54 Å². The van der Waals surface area contributed by atoms with E-state index < -0.39 is 12.0 Å². The van der Waals surface area contributed by atoms with Crippen LogP contribution in [-0.4, -0.2) is 27.7 Å². The topological polar surface area (TPSA) is 92.0 Å². The van der Waals surface area contributed by atoms with Crippen molar-refractivity contribution in [2.24, 2.45) is 16.6 Å². The zero-order valence-corrected chi connectivity index (χ0v) is 12.9. The van der Waals surface area contributed by atoms with Crippen LogP contribution in [0.4, 0.5) is 13.2 Å². The first-order valence-corrected chi connectivity index (χ1v) is 5.97. The zero-order chi connectivity index (χ0) is 13.9. The highest BCUT2D eigenvalue weighted by Crippen LogP contribution is 2.26. The second-order valence-electron chi connectivity index (χ2n) is 4.48. The second-order valence-corrected chi connectivity index (χ2v) is 4.48. The Labute approximate surface area is 130 Å².